The monoisotopic (exact) mass is 415 g/mol. The average Bonchev–Trinajstić information content (AvgIpc) is 3.10. The van der Waals surface area contributed by atoms with Gasteiger partial charge in [-0.25, -0.2) is 9.18 Å². The number of hydrogen-bond donors (Lipinski definition) is 0. The molecule has 2 heterocycles. The number of thiophene rings is 1. The number of thioether (sulfide) groups is 1. The molecule has 1 aliphatic heterocycles. The van der Waals surface area contributed by atoms with Crippen molar-refractivity contribution in [3.8, 4) is 0 Å². The molecule has 3 rings (SSSR count). The van der Waals surface area contributed by atoms with Gasteiger partial charge in [-0.3, -0.25) is 4.79 Å². The van der Waals surface area contributed by atoms with E-state index in [9.17, 15) is 22.8 Å². The Kier molecular flexibility index (Phi) is 6.43. The van der Waals surface area contributed by atoms with Crippen LogP contribution in [0.4, 0.5) is 13.2 Å². The Morgan fingerprint density at radius 2 is 1.89 bits per heavy atom. The van der Waals surface area contributed by atoms with Crippen LogP contribution in [0.25, 0.3) is 0 Å². The zero-order chi connectivity index (χ0) is 19.4. The van der Waals surface area contributed by atoms with E-state index in [4.69, 9.17) is 4.74 Å². The fourth-order valence-corrected chi connectivity index (χ4v) is 4.39. The van der Waals surface area contributed by atoms with Crippen molar-refractivity contribution in [2.45, 2.75) is 29.6 Å². The van der Waals surface area contributed by atoms with Crippen molar-refractivity contribution in [3.63, 3.8) is 0 Å². The molecule has 144 valence electrons. The van der Waals surface area contributed by atoms with Gasteiger partial charge < -0.3 is 9.64 Å². The number of likely N-dealkylation sites (tertiary alicyclic amines) is 1. The number of amides is 1. The first-order chi connectivity index (χ1) is 13.0. The minimum absolute atomic E-state index is 0.0141. The lowest BCUT2D eigenvalue weighted by molar-refractivity contribution is 0.0122. The number of rotatable bonds is 5. The summed E-state index contributed by atoms with van der Waals surface area (Å²) in [6.07, 6.45) is 0.414. The van der Waals surface area contributed by atoms with Crippen LogP contribution in [0.2, 0.25) is 0 Å². The van der Waals surface area contributed by atoms with Gasteiger partial charge in [-0.2, -0.15) is 8.78 Å². The summed E-state index contributed by atoms with van der Waals surface area (Å²) < 4.78 is 44.3. The normalized spacial score (nSPS) is 15.2. The quantitative estimate of drug-likeness (QED) is 0.526. The van der Waals surface area contributed by atoms with Crippen molar-refractivity contribution in [2.24, 2.45) is 0 Å². The van der Waals surface area contributed by atoms with Crippen LogP contribution >= 0.6 is 23.1 Å². The van der Waals surface area contributed by atoms with Crippen molar-refractivity contribution in [3.05, 3.63) is 52.0 Å². The number of benzene rings is 1. The molecule has 1 aromatic heterocycles. The van der Waals surface area contributed by atoms with E-state index in [0.29, 0.717) is 37.7 Å². The Morgan fingerprint density at radius 3 is 2.56 bits per heavy atom. The van der Waals surface area contributed by atoms with E-state index in [1.54, 1.807) is 11.4 Å². The van der Waals surface area contributed by atoms with Crippen molar-refractivity contribution < 1.29 is 27.5 Å². The Morgan fingerprint density at radius 1 is 1.19 bits per heavy atom. The molecule has 1 aromatic carbocycles. The molecule has 0 N–H and O–H groups in total. The summed E-state index contributed by atoms with van der Waals surface area (Å²) >= 11 is 1.37. The minimum atomic E-state index is -2.61. The molecular weight excluding hydrogens is 399 g/mol. The standard InChI is InChI=1S/C18H16F3NO3S2/c19-13-4-2-1-3-12(13)16(23)22-8-5-11(6-9-22)25-17(24)15-14(7-10-26-15)27-18(20)21/h1-4,7,10-11,18H,5-6,8-9H2. The molecule has 1 aliphatic rings. The number of hydrogen-bond acceptors (Lipinski definition) is 5. The predicted octanol–water partition coefficient (Wildman–Crippen LogP) is 4.66. The van der Waals surface area contributed by atoms with Gasteiger partial charge in [0.05, 0.1) is 5.56 Å². The molecule has 9 heteroatoms. The van der Waals surface area contributed by atoms with Crippen LogP contribution in [-0.2, 0) is 4.74 Å². The van der Waals surface area contributed by atoms with Crippen molar-refractivity contribution in [2.75, 3.05) is 13.1 Å². The third-order valence-corrected chi connectivity index (χ3v) is 5.93. The van der Waals surface area contributed by atoms with Gasteiger partial charge in [0.2, 0.25) is 0 Å². The van der Waals surface area contributed by atoms with E-state index >= 15 is 0 Å². The first-order valence-electron chi connectivity index (χ1n) is 8.23. The zero-order valence-electron chi connectivity index (χ0n) is 14.1. The van der Waals surface area contributed by atoms with Gasteiger partial charge in [0, 0.05) is 30.8 Å². The van der Waals surface area contributed by atoms with Crippen LogP contribution in [0, 0.1) is 5.82 Å². The molecule has 4 nitrogen and oxygen atoms in total. The maximum atomic E-state index is 13.8. The number of halogens is 3. The molecule has 0 radical (unpaired) electrons. The molecule has 0 atom stereocenters. The molecule has 1 saturated heterocycles. The second-order valence-corrected chi connectivity index (χ2v) is 7.82. The van der Waals surface area contributed by atoms with E-state index in [1.807, 2.05) is 0 Å². The lowest BCUT2D eigenvalue weighted by Gasteiger charge is -2.31. The molecule has 0 unspecified atom stereocenters. The van der Waals surface area contributed by atoms with Crippen LogP contribution in [-0.4, -0.2) is 41.7 Å². The largest absolute Gasteiger partial charge is 0.458 e. The van der Waals surface area contributed by atoms with Crippen molar-refractivity contribution >= 4 is 35.0 Å². The summed E-state index contributed by atoms with van der Waals surface area (Å²) in [7, 11) is 0. The fraction of sp³-hybridized carbons (Fsp3) is 0.333. The third-order valence-electron chi connectivity index (χ3n) is 4.14. The van der Waals surface area contributed by atoms with E-state index in [2.05, 4.69) is 0 Å². The number of carbonyl (C=O) groups excluding carboxylic acids is 2. The highest BCUT2D eigenvalue weighted by atomic mass is 32.2. The summed E-state index contributed by atoms with van der Waals surface area (Å²) in [6, 6.07) is 7.25. The van der Waals surface area contributed by atoms with Crippen LogP contribution in [0.3, 0.4) is 0 Å². The molecule has 2 aromatic rings. The molecule has 27 heavy (non-hydrogen) atoms. The molecule has 1 fully saturated rings. The number of nitrogens with zero attached hydrogens (tertiary/aromatic N) is 1. The minimum Gasteiger partial charge on any atom is -0.458 e. The van der Waals surface area contributed by atoms with Crippen LogP contribution in [0.5, 0.6) is 0 Å². The lowest BCUT2D eigenvalue weighted by Crippen LogP contribution is -2.41. The Balaban J connectivity index is 1.55. The van der Waals surface area contributed by atoms with E-state index in [0.717, 1.165) is 11.3 Å². The van der Waals surface area contributed by atoms with Gasteiger partial charge >= 0.3 is 5.97 Å². The smallest absolute Gasteiger partial charge is 0.349 e. The molecule has 0 spiro atoms. The fourth-order valence-electron chi connectivity index (χ4n) is 2.82. The highest BCUT2D eigenvalue weighted by Gasteiger charge is 2.28. The number of alkyl halides is 2. The van der Waals surface area contributed by atoms with Gasteiger partial charge in [0.25, 0.3) is 11.7 Å². The first kappa shape index (κ1) is 19.8. The van der Waals surface area contributed by atoms with E-state index in [-0.39, 0.29) is 15.3 Å². The molecule has 0 bridgehead atoms. The Hall–Kier alpha value is -2.00. The Bertz CT molecular complexity index is 820. The first-order valence-corrected chi connectivity index (χ1v) is 9.98. The highest BCUT2D eigenvalue weighted by Crippen LogP contribution is 2.33. The lowest BCUT2D eigenvalue weighted by atomic mass is 10.1. The topological polar surface area (TPSA) is 46.6 Å². The highest BCUT2D eigenvalue weighted by molar-refractivity contribution is 7.99. The summed E-state index contributed by atoms with van der Waals surface area (Å²) in [6.45, 7) is 0.655. The second kappa shape index (κ2) is 8.79. The number of carbonyl (C=O) groups is 2. The van der Waals surface area contributed by atoms with Crippen LogP contribution in [0.15, 0.2) is 40.6 Å². The molecule has 0 aliphatic carbocycles. The maximum absolute atomic E-state index is 13.8. The molecular formula is C18H16F3NO3S2. The van der Waals surface area contributed by atoms with Crippen molar-refractivity contribution in [1.82, 2.24) is 4.90 Å². The average molecular weight is 415 g/mol. The maximum Gasteiger partial charge on any atom is 0.349 e. The van der Waals surface area contributed by atoms with Crippen LogP contribution < -0.4 is 0 Å². The number of piperidine rings is 1. The third kappa shape index (κ3) is 4.84. The van der Waals surface area contributed by atoms with Gasteiger partial charge in [-0.1, -0.05) is 23.9 Å². The van der Waals surface area contributed by atoms with Gasteiger partial charge in [-0.15, -0.1) is 11.3 Å². The van der Waals surface area contributed by atoms with Gasteiger partial charge in [0.1, 0.15) is 16.8 Å². The molecule has 1 amide bonds. The van der Waals surface area contributed by atoms with Crippen molar-refractivity contribution in [1.29, 1.82) is 0 Å². The summed E-state index contributed by atoms with van der Waals surface area (Å²) in [5.74, 6) is -4.21. The predicted molar refractivity (Wildman–Crippen MR) is 96.9 cm³/mol. The summed E-state index contributed by atoms with van der Waals surface area (Å²) in [5, 5.41) is 1.57. The number of esters is 1. The van der Waals surface area contributed by atoms with Crippen LogP contribution in [0.1, 0.15) is 32.9 Å². The Labute approximate surface area is 162 Å². The zero-order valence-corrected chi connectivity index (χ0v) is 15.7. The van der Waals surface area contributed by atoms with Gasteiger partial charge in [-0.05, 0) is 23.6 Å². The SMILES string of the molecule is O=C(OC1CCN(C(=O)c2ccccc2F)CC1)c1sccc1SC(F)F. The summed E-state index contributed by atoms with van der Waals surface area (Å²) in [4.78, 5) is 26.5. The van der Waals surface area contributed by atoms with E-state index < -0.39 is 29.6 Å². The number of ether oxygens (including phenoxy) is 1. The molecule has 0 saturated carbocycles. The van der Waals surface area contributed by atoms with E-state index in [1.165, 1.54) is 29.2 Å². The second-order valence-electron chi connectivity index (χ2n) is 5.87. The summed E-state index contributed by atoms with van der Waals surface area (Å²) in [5.41, 5.74) is 0.0141. The van der Waals surface area contributed by atoms with Gasteiger partial charge in [0.15, 0.2) is 0 Å².